The molecule has 2 heterocycles. The quantitative estimate of drug-likeness (QED) is 0.257. The highest BCUT2D eigenvalue weighted by Gasteiger charge is 2.30. The molecule has 0 aromatic heterocycles. The summed E-state index contributed by atoms with van der Waals surface area (Å²) < 4.78 is 20.4. The topological polar surface area (TPSA) is 94.1 Å². The van der Waals surface area contributed by atoms with Crippen molar-refractivity contribution in [3.05, 3.63) is 29.6 Å². The lowest BCUT2D eigenvalue weighted by Gasteiger charge is -2.39. The molecule has 2 fully saturated rings. The molecule has 1 atom stereocenters. The van der Waals surface area contributed by atoms with Gasteiger partial charge in [0.25, 0.3) is 0 Å². The molecule has 2 aliphatic heterocycles. The molecule has 0 aliphatic carbocycles. The first-order chi connectivity index (χ1) is 17.4. The summed E-state index contributed by atoms with van der Waals surface area (Å²) in [4.78, 5) is 14.3. The van der Waals surface area contributed by atoms with Crippen molar-refractivity contribution in [2.75, 3.05) is 52.5 Å². The molecule has 8 heteroatoms. The molecule has 1 aromatic rings. The first-order valence-electron chi connectivity index (χ1n) is 13.8. The van der Waals surface area contributed by atoms with E-state index in [4.69, 9.17) is 9.84 Å². The third-order valence-corrected chi connectivity index (χ3v) is 7.71. The van der Waals surface area contributed by atoms with Crippen molar-refractivity contribution in [2.24, 2.45) is 11.3 Å². The van der Waals surface area contributed by atoms with Crippen molar-refractivity contribution >= 4 is 5.91 Å². The van der Waals surface area contributed by atoms with Crippen LogP contribution in [0.3, 0.4) is 0 Å². The van der Waals surface area contributed by atoms with Crippen molar-refractivity contribution in [2.45, 2.75) is 70.8 Å². The van der Waals surface area contributed by atoms with Crippen LogP contribution in [0.15, 0.2) is 18.2 Å². The standard InChI is InChI=1S/C28H46FN3O4/c1-28(10-13-30-14-11-28)9-3-5-15-36-25-8-7-23(26(29)17-25)16-27(35)32-19-22(20-32)18-31-12-4-2-6-24(34)21-33/h7-8,17,22,24,30-31,33-34H,2-6,9-16,18-21H2,1H3/t24-/m0/s1. The number of aliphatic hydroxyl groups is 2. The van der Waals surface area contributed by atoms with Crippen molar-refractivity contribution < 1.29 is 24.1 Å². The molecule has 2 saturated heterocycles. The third kappa shape index (κ3) is 9.61. The number of unbranched alkanes of at least 4 members (excludes halogenated alkanes) is 2. The average Bonchev–Trinajstić information content (AvgIpc) is 2.83. The Morgan fingerprint density at radius 3 is 2.75 bits per heavy atom. The maximum Gasteiger partial charge on any atom is 0.227 e. The summed E-state index contributed by atoms with van der Waals surface area (Å²) in [7, 11) is 0. The second-order valence-corrected chi connectivity index (χ2v) is 11.0. The largest absolute Gasteiger partial charge is 0.493 e. The Labute approximate surface area is 215 Å². The minimum Gasteiger partial charge on any atom is -0.493 e. The maximum atomic E-state index is 14.6. The minimum atomic E-state index is -0.618. The van der Waals surface area contributed by atoms with Gasteiger partial charge in [-0.2, -0.15) is 0 Å². The van der Waals surface area contributed by atoms with Crippen LogP contribution in [0.5, 0.6) is 5.75 Å². The molecule has 2 aliphatic rings. The van der Waals surface area contributed by atoms with E-state index in [0.29, 0.717) is 48.8 Å². The average molecular weight is 508 g/mol. The van der Waals surface area contributed by atoms with E-state index in [1.165, 1.54) is 25.3 Å². The summed E-state index contributed by atoms with van der Waals surface area (Å²) in [6.45, 7) is 8.11. The van der Waals surface area contributed by atoms with Crippen LogP contribution in [0, 0.1) is 17.2 Å². The molecule has 1 amide bonds. The number of amides is 1. The van der Waals surface area contributed by atoms with E-state index < -0.39 is 6.10 Å². The van der Waals surface area contributed by atoms with Crippen LogP contribution < -0.4 is 15.4 Å². The van der Waals surface area contributed by atoms with Crippen molar-refractivity contribution in [3.63, 3.8) is 0 Å². The van der Waals surface area contributed by atoms with Crippen LogP contribution in [0.25, 0.3) is 0 Å². The van der Waals surface area contributed by atoms with Gasteiger partial charge >= 0.3 is 0 Å². The molecule has 36 heavy (non-hydrogen) atoms. The molecule has 0 spiro atoms. The first-order valence-corrected chi connectivity index (χ1v) is 13.8. The van der Waals surface area contributed by atoms with Gasteiger partial charge in [-0.3, -0.25) is 4.79 Å². The highest BCUT2D eigenvalue weighted by Crippen LogP contribution is 2.33. The lowest BCUT2D eigenvalue weighted by Crippen LogP contribution is -2.53. The number of nitrogens with one attached hydrogen (secondary N) is 2. The van der Waals surface area contributed by atoms with Gasteiger partial charge in [-0.05, 0) is 88.0 Å². The van der Waals surface area contributed by atoms with Crippen LogP contribution in [-0.4, -0.2) is 79.6 Å². The Morgan fingerprint density at radius 2 is 2.03 bits per heavy atom. The molecule has 0 unspecified atom stereocenters. The highest BCUT2D eigenvalue weighted by molar-refractivity contribution is 5.79. The van der Waals surface area contributed by atoms with Crippen molar-refractivity contribution in [1.29, 1.82) is 0 Å². The fourth-order valence-corrected chi connectivity index (χ4v) is 5.09. The summed E-state index contributed by atoms with van der Waals surface area (Å²) >= 11 is 0. The Bertz CT molecular complexity index is 797. The van der Waals surface area contributed by atoms with E-state index in [1.54, 1.807) is 17.0 Å². The lowest BCUT2D eigenvalue weighted by atomic mass is 9.77. The van der Waals surface area contributed by atoms with Crippen LogP contribution >= 0.6 is 0 Å². The summed E-state index contributed by atoms with van der Waals surface area (Å²) in [5.74, 6) is 0.532. The molecule has 0 bridgehead atoms. The van der Waals surface area contributed by atoms with Gasteiger partial charge in [0.05, 0.1) is 25.7 Å². The normalized spacial score (nSPS) is 18.6. The molecule has 204 valence electrons. The highest BCUT2D eigenvalue weighted by atomic mass is 19.1. The minimum absolute atomic E-state index is 0.0387. The fourth-order valence-electron chi connectivity index (χ4n) is 5.09. The van der Waals surface area contributed by atoms with Gasteiger partial charge in [0.15, 0.2) is 0 Å². The molecule has 3 rings (SSSR count). The van der Waals surface area contributed by atoms with Crippen LogP contribution in [-0.2, 0) is 11.2 Å². The smallest absolute Gasteiger partial charge is 0.227 e. The molecule has 0 saturated carbocycles. The van der Waals surface area contributed by atoms with Gasteiger partial charge < -0.3 is 30.5 Å². The van der Waals surface area contributed by atoms with Crippen LogP contribution in [0.2, 0.25) is 0 Å². The zero-order valence-corrected chi connectivity index (χ0v) is 21.9. The third-order valence-electron chi connectivity index (χ3n) is 7.71. The fraction of sp³-hybridized carbons (Fsp3) is 0.750. The number of hydrogen-bond acceptors (Lipinski definition) is 6. The predicted molar refractivity (Wildman–Crippen MR) is 140 cm³/mol. The van der Waals surface area contributed by atoms with Crippen molar-refractivity contribution in [3.8, 4) is 5.75 Å². The van der Waals surface area contributed by atoms with Gasteiger partial charge in [0.1, 0.15) is 11.6 Å². The molecule has 7 nitrogen and oxygen atoms in total. The Hall–Kier alpha value is -1.74. The number of ether oxygens (including phenoxy) is 1. The Kier molecular flexibility index (Phi) is 11.9. The number of carbonyl (C=O) groups is 1. The molecule has 0 radical (unpaired) electrons. The Balaban J connectivity index is 1.26. The number of benzene rings is 1. The number of halogens is 1. The van der Waals surface area contributed by atoms with E-state index in [1.807, 2.05) is 0 Å². The summed E-state index contributed by atoms with van der Waals surface area (Å²) in [6, 6.07) is 4.84. The number of likely N-dealkylation sites (tertiary alicyclic amines) is 1. The second kappa shape index (κ2) is 14.9. The summed E-state index contributed by atoms with van der Waals surface area (Å²) in [6.07, 6.45) is 7.64. The van der Waals surface area contributed by atoms with Crippen molar-refractivity contribution in [1.82, 2.24) is 15.5 Å². The number of nitrogens with zero attached hydrogens (tertiary/aromatic N) is 1. The number of aliphatic hydroxyl groups excluding tert-OH is 2. The molecule has 1 aromatic carbocycles. The number of rotatable bonds is 16. The van der Waals surface area contributed by atoms with Gasteiger partial charge in [-0.15, -0.1) is 0 Å². The molecule has 4 N–H and O–H groups in total. The van der Waals surface area contributed by atoms with Gasteiger partial charge in [0.2, 0.25) is 5.91 Å². The zero-order valence-electron chi connectivity index (χ0n) is 21.9. The predicted octanol–water partition coefficient (Wildman–Crippen LogP) is 2.88. The van der Waals surface area contributed by atoms with E-state index in [9.17, 15) is 14.3 Å². The molecular weight excluding hydrogens is 461 g/mol. The van der Waals surface area contributed by atoms with E-state index in [-0.39, 0.29) is 24.8 Å². The number of piperidine rings is 1. The first kappa shape index (κ1) is 28.8. The van der Waals surface area contributed by atoms with Gasteiger partial charge in [-0.25, -0.2) is 4.39 Å². The van der Waals surface area contributed by atoms with Crippen LogP contribution in [0.1, 0.15) is 63.9 Å². The summed E-state index contributed by atoms with van der Waals surface area (Å²) in [5.41, 5.74) is 0.850. The second-order valence-electron chi connectivity index (χ2n) is 11.0. The van der Waals surface area contributed by atoms with E-state index in [2.05, 4.69) is 17.6 Å². The lowest BCUT2D eigenvalue weighted by molar-refractivity contribution is -0.136. The monoisotopic (exact) mass is 507 g/mol. The maximum absolute atomic E-state index is 14.6. The number of hydrogen-bond donors (Lipinski definition) is 4. The SMILES string of the molecule is CC1(CCCCOc2ccc(CC(=O)N3CC(CNCCCC[C@H](O)CO)C3)c(F)c2)CCNCC1. The van der Waals surface area contributed by atoms with Gasteiger partial charge in [0, 0.05) is 31.6 Å². The van der Waals surface area contributed by atoms with E-state index >= 15 is 0 Å². The van der Waals surface area contributed by atoms with Crippen LogP contribution in [0.4, 0.5) is 4.39 Å². The van der Waals surface area contributed by atoms with E-state index in [0.717, 1.165) is 51.9 Å². The number of carbonyl (C=O) groups excluding carboxylic acids is 1. The Morgan fingerprint density at radius 1 is 1.25 bits per heavy atom. The molecular formula is C28H46FN3O4. The van der Waals surface area contributed by atoms with Gasteiger partial charge in [-0.1, -0.05) is 13.0 Å². The summed E-state index contributed by atoms with van der Waals surface area (Å²) in [5, 5.41) is 24.9. The zero-order chi connectivity index (χ0) is 25.8.